The standard InChI is InChI=1S/C18H25ClN2O2/c1-3-21-13-18(23-14(2)17(21)22)8-10-20(11-9-18)12-15-4-6-16(19)7-5-15/h4-7,14H,3,8-13H2,1-2H3/t14-/m1/s1. The summed E-state index contributed by atoms with van der Waals surface area (Å²) in [5.74, 6) is 0.127. The van der Waals surface area contributed by atoms with Crippen LogP contribution in [0.25, 0.3) is 0 Å². The van der Waals surface area contributed by atoms with E-state index in [1.165, 1.54) is 5.56 Å². The van der Waals surface area contributed by atoms with Crippen LogP contribution in [0.1, 0.15) is 32.3 Å². The first-order chi connectivity index (χ1) is 11.0. The number of amides is 1. The monoisotopic (exact) mass is 336 g/mol. The third-order valence-electron chi connectivity index (χ3n) is 5.03. The highest BCUT2D eigenvalue weighted by Gasteiger charge is 2.44. The molecule has 0 saturated carbocycles. The molecule has 0 aromatic heterocycles. The van der Waals surface area contributed by atoms with Gasteiger partial charge in [0.05, 0.1) is 5.60 Å². The highest BCUT2D eigenvalue weighted by atomic mass is 35.5. The van der Waals surface area contributed by atoms with Gasteiger partial charge in [-0.05, 0) is 44.4 Å². The number of likely N-dealkylation sites (N-methyl/N-ethyl adjacent to an activating group) is 1. The molecule has 2 heterocycles. The van der Waals surface area contributed by atoms with Crippen LogP contribution < -0.4 is 0 Å². The van der Waals surface area contributed by atoms with Gasteiger partial charge in [-0.15, -0.1) is 0 Å². The van der Waals surface area contributed by atoms with E-state index in [4.69, 9.17) is 16.3 Å². The summed E-state index contributed by atoms with van der Waals surface area (Å²) in [6.45, 7) is 8.37. The maximum Gasteiger partial charge on any atom is 0.251 e. The first kappa shape index (κ1) is 16.7. The number of likely N-dealkylation sites (tertiary alicyclic amines) is 1. The lowest BCUT2D eigenvalue weighted by molar-refractivity contribution is -0.189. The Morgan fingerprint density at radius 1 is 1.26 bits per heavy atom. The van der Waals surface area contributed by atoms with Crippen LogP contribution >= 0.6 is 11.6 Å². The van der Waals surface area contributed by atoms with Crippen molar-refractivity contribution < 1.29 is 9.53 Å². The summed E-state index contributed by atoms with van der Waals surface area (Å²) >= 11 is 5.94. The Kier molecular flexibility index (Phi) is 4.95. The van der Waals surface area contributed by atoms with E-state index in [-0.39, 0.29) is 17.6 Å². The van der Waals surface area contributed by atoms with E-state index in [0.29, 0.717) is 0 Å². The van der Waals surface area contributed by atoms with E-state index in [9.17, 15) is 4.79 Å². The van der Waals surface area contributed by atoms with Gasteiger partial charge in [-0.2, -0.15) is 0 Å². The minimum Gasteiger partial charge on any atom is -0.360 e. The van der Waals surface area contributed by atoms with Crippen molar-refractivity contribution >= 4 is 17.5 Å². The minimum atomic E-state index is -0.313. The molecule has 126 valence electrons. The number of halogens is 1. The molecule has 2 saturated heterocycles. The number of morpholine rings is 1. The fraction of sp³-hybridized carbons (Fsp3) is 0.611. The van der Waals surface area contributed by atoms with E-state index in [1.807, 2.05) is 30.9 Å². The lowest BCUT2D eigenvalue weighted by Gasteiger charge is -2.49. The molecule has 1 spiro atoms. The van der Waals surface area contributed by atoms with Crippen LogP contribution in [0.15, 0.2) is 24.3 Å². The van der Waals surface area contributed by atoms with Crippen molar-refractivity contribution in [1.29, 1.82) is 0 Å². The smallest absolute Gasteiger partial charge is 0.251 e. The average molecular weight is 337 g/mol. The van der Waals surface area contributed by atoms with Crippen molar-refractivity contribution in [3.63, 3.8) is 0 Å². The van der Waals surface area contributed by atoms with E-state index < -0.39 is 0 Å². The Morgan fingerprint density at radius 3 is 2.52 bits per heavy atom. The van der Waals surface area contributed by atoms with Crippen LogP contribution in [-0.2, 0) is 16.1 Å². The predicted octanol–water partition coefficient (Wildman–Crippen LogP) is 2.94. The summed E-state index contributed by atoms with van der Waals surface area (Å²) in [4.78, 5) is 16.5. The summed E-state index contributed by atoms with van der Waals surface area (Å²) in [7, 11) is 0. The van der Waals surface area contributed by atoms with Crippen molar-refractivity contribution in [2.45, 2.75) is 44.9 Å². The van der Waals surface area contributed by atoms with E-state index in [0.717, 1.165) is 50.6 Å². The predicted molar refractivity (Wildman–Crippen MR) is 91.5 cm³/mol. The molecular weight excluding hydrogens is 312 g/mol. The minimum absolute atomic E-state index is 0.127. The molecule has 2 aliphatic rings. The van der Waals surface area contributed by atoms with Crippen molar-refractivity contribution in [3.05, 3.63) is 34.9 Å². The Balaban J connectivity index is 1.59. The van der Waals surface area contributed by atoms with Gasteiger partial charge in [0.25, 0.3) is 5.91 Å². The Hall–Kier alpha value is -1.10. The number of rotatable bonds is 3. The highest BCUT2D eigenvalue weighted by molar-refractivity contribution is 6.30. The van der Waals surface area contributed by atoms with Gasteiger partial charge >= 0.3 is 0 Å². The molecule has 3 rings (SSSR count). The normalized spacial score (nSPS) is 25.1. The van der Waals surface area contributed by atoms with Gasteiger partial charge in [0.15, 0.2) is 0 Å². The first-order valence-electron chi connectivity index (χ1n) is 8.45. The van der Waals surface area contributed by atoms with E-state index in [2.05, 4.69) is 17.0 Å². The van der Waals surface area contributed by atoms with Gasteiger partial charge in [-0.1, -0.05) is 23.7 Å². The SMILES string of the molecule is CCN1CC2(CCN(Cc3ccc(Cl)cc3)CC2)O[C@H](C)C1=O. The molecule has 0 N–H and O–H groups in total. The number of benzene rings is 1. The van der Waals surface area contributed by atoms with Crippen molar-refractivity contribution in [3.8, 4) is 0 Å². The van der Waals surface area contributed by atoms with Gasteiger partial charge in [-0.3, -0.25) is 9.69 Å². The number of hydrogen-bond donors (Lipinski definition) is 0. The molecule has 2 aliphatic heterocycles. The van der Waals surface area contributed by atoms with Crippen LogP contribution in [0.5, 0.6) is 0 Å². The number of ether oxygens (including phenoxy) is 1. The molecule has 1 aromatic carbocycles. The van der Waals surface area contributed by atoms with Crippen LogP contribution in [-0.4, -0.2) is 53.6 Å². The number of nitrogens with zero attached hydrogens (tertiary/aromatic N) is 2. The van der Waals surface area contributed by atoms with Crippen LogP contribution in [0, 0.1) is 0 Å². The second kappa shape index (κ2) is 6.80. The topological polar surface area (TPSA) is 32.8 Å². The summed E-state index contributed by atoms with van der Waals surface area (Å²) < 4.78 is 6.14. The quantitative estimate of drug-likeness (QED) is 0.850. The maximum atomic E-state index is 12.1. The Morgan fingerprint density at radius 2 is 1.91 bits per heavy atom. The molecular formula is C18H25ClN2O2. The Bertz CT molecular complexity index is 553. The zero-order valence-electron chi connectivity index (χ0n) is 13.9. The summed E-state index contributed by atoms with van der Waals surface area (Å²) in [6, 6.07) is 8.06. The fourth-order valence-corrected chi connectivity index (χ4v) is 3.78. The highest BCUT2D eigenvalue weighted by Crippen LogP contribution is 2.33. The summed E-state index contributed by atoms with van der Waals surface area (Å²) in [5.41, 5.74) is 1.13. The largest absolute Gasteiger partial charge is 0.360 e. The molecule has 5 heteroatoms. The number of carbonyl (C=O) groups excluding carboxylic acids is 1. The van der Waals surface area contributed by atoms with Crippen LogP contribution in [0.2, 0.25) is 5.02 Å². The summed E-state index contributed by atoms with van der Waals surface area (Å²) in [6.07, 6.45) is 1.65. The molecule has 0 radical (unpaired) electrons. The lowest BCUT2D eigenvalue weighted by Crippen LogP contribution is -2.61. The molecule has 2 fully saturated rings. The summed E-state index contributed by atoms with van der Waals surface area (Å²) in [5, 5.41) is 0.778. The van der Waals surface area contributed by atoms with Gasteiger partial charge in [0.2, 0.25) is 0 Å². The fourth-order valence-electron chi connectivity index (χ4n) is 3.66. The molecule has 23 heavy (non-hydrogen) atoms. The Labute approximate surface area is 143 Å². The van der Waals surface area contributed by atoms with Gasteiger partial charge in [0.1, 0.15) is 6.10 Å². The second-order valence-corrected chi connectivity index (χ2v) is 7.13. The number of carbonyl (C=O) groups is 1. The average Bonchev–Trinajstić information content (AvgIpc) is 2.55. The lowest BCUT2D eigenvalue weighted by atomic mass is 9.88. The van der Waals surface area contributed by atoms with Crippen molar-refractivity contribution in [2.24, 2.45) is 0 Å². The third-order valence-corrected chi connectivity index (χ3v) is 5.29. The van der Waals surface area contributed by atoms with Crippen LogP contribution in [0.4, 0.5) is 0 Å². The molecule has 0 bridgehead atoms. The van der Waals surface area contributed by atoms with E-state index >= 15 is 0 Å². The second-order valence-electron chi connectivity index (χ2n) is 6.70. The zero-order valence-corrected chi connectivity index (χ0v) is 14.7. The molecule has 1 aromatic rings. The molecule has 1 amide bonds. The third kappa shape index (κ3) is 3.70. The number of hydrogen-bond acceptors (Lipinski definition) is 3. The first-order valence-corrected chi connectivity index (χ1v) is 8.82. The molecule has 0 aliphatic carbocycles. The van der Waals surface area contributed by atoms with E-state index in [1.54, 1.807) is 0 Å². The molecule has 0 unspecified atom stereocenters. The van der Waals surface area contributed by atoms with Crippen molar-refractivity contribution in [1.82, 2.24) is 9.80 Å². The maximum absolute atomic E-state index is 12.1. The molecule has 4 nitrogen and oxygen atoms in total. The van der Waals surface area contributed by atoms with Crippen molar-refractivity contribution in [2.75, 3.05) is 26.2 Å². The number of piperidine rings is 1. The van der Waals surface area contributed by atoms with Gasteiger partial charge in [-0.25, -0.2) is 0 Å². The molecule has 1 atom stereocenters. The van der Waals surface area contributed by atoms with Gasteiger partial charge in [0, 0.05) is 37.7 Å². The van der Waals surface area contributed by atoms with Crippen LogP contribution in [0.3, 0.4) is 0 Å². The van der Waals surface area contributed by atoms with Gasteiger partial charge < -0.3 is 9.64 Å². The zero-order chi connectivity index (χ0) is 16.4.